The summed E-state index contributed by atoms with van der Waals surface area (Å²) in [5, 5.41) is 20.7. The molecule has 0 fully saturated rings. The van der Waals surface area contributed by atoms with Gasteiger partial charge in [0.05, 0.1) is 143 Å². The molecule has 1 aromatic heterocycles. The zero-order chi connectivity index (χ0) is 62.1. The zero-order valence-electron chi connectivity index (χ0n) is 51.5. The third kappa shape index (κ3) is 25.1. The predicted molar refractivity (Wildman–Crippen MR) is 323 cm³/mol. The molecule has 0 saturated carbocycles. The number of methoxy groups -OCH3 is 2. The molecule has 0 saturated heterocycles. The molecule has 0 amide bonds. The van der Waals surface area contributed by atoms with Gasteiger partial charge in [-0.2, -0.15) is 8.42 Å². The topological polar surface area (TPSA) is 256 Å². The van der Waals surface area contributed by atoms with Crippen molar-refractivity contribution >= 4 is 27.9 Å². The van der Waals surface area contributed by atoms with E-state index in [1.54, 1.807) is 20.3 Å². The zero-order valence-corrected chi connectivity index (χ0v) is 52.3. The number of aromatic hydroxyl groups is 2. The highest BCUT2D eigenvalue weighted by Crippen LogP contribution is 2.49. The van der Waals surface area contributed by atoms with Crippen LogP contribution in [0.25, 0.3) is 17.4 Å². The Morgan fingerprint density at radius 1 is 0.616 bits per heavy atom. The second-order valence-corrected chi connectivity index (χ2v) is 23.0. The first kappa shape index (κ1) is 71.5. The summed E-state index contributed by atoms with van der Waals surface area (Å²) in [4.78, 5) is 19.6. The van der Waals surface area contributed by atoms with Gasteiger partial charge in [0.25, 0.3) is 10.1 Å². The van der Waals surface area contributed by atoms with Gasteiger partial charge in [0, 0.05) is 73.2 Å². The molecular weight excluding hydrogens is 1140 g/mol. The van der Waals surface area contributed by atoms with E-state index in [-0.39, 0.29) is 16.7 Å². The number of aromatic nitrogens is 1. The lowest BCUT2D eigenvalue weighted by molar-refractivity contribution is -0.145. The van der Waals surface area contributed by atoms with Crippen molar-refractivity contribution in [2.75, 3.05) is 184 Å². The van der Waals surface area contributed by atoms with E-state index in [1.807, 2.05) is 32.1 Å². The SMILES string of the molecule is COCCOCCOCCOCCOCCOCC[N+](CCOCCOCCOCCOCCOCCOC)=c1ccc2c(C=CC=C3N(CCCCCC(=O)On4c(O)ccc4O)c4ccc(S(=O)(=O)O)cc4C3(C)C)cc(C(C)(C)C)oc-2c1. The molecule has 0 bridgehead atoms. The monoisotopic (exact) mass is 1230 g/mol. The van der Waals surface area contributed by atoms with Crippen LogP contribution >= 0.6 is 0 Å². The number of carbonyl (C=O) groups excluding carboxylic acids is 1. The number of benzene rings is 2. The van der Waals surface area contributed by atoms with Gasteiger partial charge in [0.15, 0.2) is 13.1 Å². The number of unbranched alkanes of at least 4 members (excludes halogenated alkanes) is 2. The number of nitrogens with zero attached hydrogens (tertiary/aromatic N) is 3. The summed E-state index contributed by atoms with van der Waals surface area (Å²) in [6.45, 7) is 22.3. The Hall–Kier alpha value is -5.29. The lowest BCUT2D eigenvalue weighted by atomic mass is 9.83. The third-order valence-electron chi connectivity index (χ3n) is 13.7. The van der Waals surface area contributed by atoms with Crippen LogP contribution in [0.5, 0.6) is 11.8 Å². The number of ether oxygens (including phenoxy) is 12. The molecule has 2 aromatic rings. The van der Waals surface area contributed by atoms with Crippen molar-refractivity contribution in [3.63, 3.8) is 0 Å². The van der Waals surface area contributed by atoms with Crippen molar-refractivity contribution in [1.29, 1.82) is 0 Å². The molecule has 24 heteroatoms. The number of rotatable bonds is 46. The summed E-state index contributed by atoms with van der Waals surface area (Å²) in [6, 6.07) is 15.3. The minimum absolute atomic E-state index is 0.0537. The van der Waals surface area contributed by atoms with Crippen molar-refractivity contribution in [1.82, 2.24) is 9.31 Å². The van der Waals surface area contributed by atoms with Gasteiger partial charge in [-0.1, -0.05) is 53.2 Å². The van der Waals surface area contributed by atoms with Crippen LogP contribution in [0.4, 0.5) is 5.69 Å². The fourth-order valence-electron chi connectivity index (χ4n) is 9.03. The number of hydrogen-bond acceptors (Lipinski definition) is 20. The number of carbonyl (C=O) groups is 1. The molecule has 0 atom stereocenters. The van der Waals surface area contributed by atoms with Crippen LogP contribution in [0.2, 0.25) is 0 Å². The maximum absolute atomic E-state index is 12.6. The third-order valence-corrected chi connectivity index (χ3v) is 14.5. The second-order valence-electron chi connectivity index (χ2n) is 21.6. The van der Waals surface area contributed by atoms with Gasteiger partial charge in [0.1, 0.15) is 24.7 Å². The summed E-state index contributed by atoms with van der Waals surface area (Å²) in [6.07, 6.45) is 7.90. The molecule has 482 valence electrons. The van der Waals surface area contributed by atoms with Crippen LogP contribution in [0.3, 0.4) is 0 Å². The molecule has 3 aliphatic rings. The first-order valence-corrected chi connectivity index (χ1v) is 30.9. The van der Waals surface area contributed by atoms with E-state index in [9.17, 15) is 28.0 Å². The maximum Gasteiger partial charge on any atom is 0.333 e. The Labute approximate surface area is 507 Å². The van der Waals surface area contributed by atoms with Crippen molar-refractivity contribution in [2.24, 2.45) is 0 Å². The highest BCUT2D eigenvalue weighted by atomic mass is 32.2. The van der Waals surface area contributed by atoms with E-state index in [0.717, 1.165) is 39.2 Å². The van der Waals surface area contributed by atoms with E-state index >= 15 is 0 Å². The van der Waals surface area contributed by atoms with Gasteiger partial charge in [-0.05, 0) is 60.4 Å². The Morgan fingerprint density at radius 2 is 1.09 bits per heavy atom. The largest absolute Gasteiger partial charge is 0.492 e. The number of fused-ring (bicyclic) bond motifs is 2. The van der Waals surface area contributed by atoms with Crippen LogP contribution < -0.4 is 19.7 Å². The Morgan fingerprint density at radius 3 is 1.56 bits per heavy atom. The summed E-state index contributed by atoms with van der Waals surface area (Å²) in [5.41, 5.74) is 3.23. The molecule has 1 aliphatic carbocycles. The van der Waals surface area contributed by atoms with Crippen LogP contribution in [-0.2, 0) is 82.6 Å². The van der Waals surface area contributed by atoms with Gasteiger partial charge in [-0.15, -0.1) is 4.73 Å². The lowest BCUT2D eigenvalue weighted by Crippen LogP contribution is -2.36. The summed E-state index contributed by atoms with van der Waals surface area (Å²) in [5.74, 6) is 0.0723. The molecule has 5 rings (SSSR count). The first-order valence-electron chi connectivity index (χ1n) is 29.5. The van der Waals surface area contributed by atoms with Crippen molar-refractivity contribution in [3.8, 4) is 23.1 Å². The first-order chi connectivity index (χ1) is 41.4. The predicted octanol–water partition coefficient (Wildman–Crippen LogP) is 6.28. The summed E-state index contributed by atoms with van der Waals surface area (Å²) in [7, 11) is -1.21. The van der Waals surface area contributed by atoms with Gasteiger partial charge in [-0.25, -0.2) is 9.37 Å². The van der Waals surface area contributed by atoms with E-state index in [0.29, 0.717) is 195 Å². The molecule has 0 radical (unpaired) electrons. The quantitative estimate of drug-likeness (QED) is 0.0250. The molecule has 2 aliphatic heterocycles. The van der Waals surface area contributed by atoms with Crippen molar-refractivity contribution in [3.05, 3.63) is 94.7 Å². The van der Waals surface area contributed by atoms with E-state index < -0.39 is 33.3 Å². The second kappa shape index (κ2) is 38.9. The molecule has 3 heterocycles. The standard InChI is InChI=1S/C62H93N3O20S/c1-61(2,3)57-46-49(12-11-13-56-62(4,5)53-48-51(86(69,70)71)16-18-54(53)64(56)21-10-8-9-14-60(68)85-65-58(66)19-20-59(65)67)52-17-15-50(47-55(52)84-57)63(22-24-74-30-32-78-38-40-82-44-42-80-36-34-76-28-26-72-6)23-25-75-31-33-79-39-41-83-45-43-81-37-35-77-29-27-73-7/h11-13,15-20,46-48H,8-10,14,21-45H2,1-7H3,(H2-,66,67,69,70,71)/p+1. The highest BCUT2D eigenvalue weighted by Gasteiger charge is 2.40. The van der Waals surface area contributed by atoms with E-state index in [4.69, 9.17) is 66.1 Å². The summed E-state index contributed by atoms with van der Waals surface area (Å²) >= 11 is 0. The number of hydrogen-bond donors (Lipinski definition) is 3. The van der Waals surface area contributed by atoms with E-state index in [1.165, 1.54) is 24.3 Å². The van der Waals surface area contributed by atoms with Crippen LogP contribution in [0.1, 0.15) is 77.2 Å². The molecule has 86 heavy (non-hydrogen) atoms. The number of anilines is 1. The Balaban J connectivity index is 1.26. The van der Waals surface area contributed by atoms with Crippen molar-refractivity contribution in [2.45, 2.75) is 76.0 Å². The fourth-order valence-corrected chi connectivity index (χ4v) is 9.54. The normalized spacial score (nSPS) is 13.9. The lowest BCUT2D eigenvalue weighted by Gasteiger charge is -2.27. The minimum Gasteiger partial charge on any atom is -0.492 e. The maximum atomic E-state index is 12.6. The van der Waals surface area contributed by atoms with Gasteiger partial charge < -0.3 is 81.2 Å². The molecule has 0 unspecified atom stereocenters. The van der Waals surface area contributed by atoms with Crippen LogP contribution in [0.15, 0.2) is 81.8 Å². The minimum atomic E-state index is -4.48. The van der Waals surface area contributed by atoms with Gasteiger partial charge >= 0.3 is 5.97 Å². The summed E-state index contributed by atoms with van der Waals surface area (Å²) < 4.78 is 111. The molecule has 1 aromatic carbocycles. The Kier molecular flexibility index (Phi) is 32.3. The average Bonchev–Trinajstić information content (AvgIpc) is 2.05. The highest BCUT2D eigenvalue weighted by molar-refractivity contribution is 7.85. The van der Waals surface area contributed by atoms with E-state index in [2.05, 4.69) is 54.5 Å². The average molecular weight is 1230 g/mol. The molecule has 0 spiro atoms. The Bertz CT molecular complexity index is 2750. The van der Waals surface area contributed by atoms with Gasteiger partial charge in [0.2, 0.25) is 17.1 Å². The molecular formula is C62H94N3O20S+. The molecule has 23 nitrogen and oxygen atoms in total. The molecule has 3 N–H and O–H groups in total. The van der Waals surface area contributed by atoms with Gasteiger partial charge in [-0.3, -0.25) is 4.55 Å². The van der Waals surface area contributed by atoms with Crippen molar-refractivity contribution < 1.29 is 94.1 Å². The fraction of sp³-hybridized carbons (Fsp3) is 0.613. The van der Waals surface area contributed by atoms with Crippen LogP contribution in [0, 0.1) is 0 Å². The smallest absolute Gasteiger partial charge is 0.333 e. The van der Waals surface area contributed by atoms with Crippen LogP contribution in [-0.4, -0.2) is 213 Å². The number of allylic oxidation sites excluding steroid dienone is 3.